The highest BCUT2D eigenvalue weighted by Gasteiger charge is 2.21. The lowest BCUT2D eigenvalue weighted by atomic mass is 9.84. The highest BCUT2D eigenvalue weighted by atomic mass is 16.3. The van der Waals surface area contributed by atoms with Crippen LogP contribution in [0.1, 0.15) is 108 Å². The van der Waals surface area contributed by atoms with Crippen molar-refractivity contribution in [2.75, 3.05) is 0 Å². The van der Waals surface area contributed by atoms with Crippen molar-refractivity contribution < 1.29 is 20.4 Å². The topological polar surface area (TPSA) is 129 Å². The predicted octanol–water partition coefficient (Wildman–Crippen LogP) is 7.19. The predicted molar refractivity (Wildman–Crippen MR) is 201 cm³/mol. The summed E-state index contributed by atoms with van der Waals surface area (Å²) in [4.78, 5) is 0. The summed E-state index contributed by atoms with van der Waals surface area (Å²) >= 11 is 0. The third-order valence-electron chi connectivity index (χ3n) is 9.62. The summed E-state index contributed by atoms with van der Waals surface area (Å²) in [6.45, 7) is 20.4. The largest absolute Gasteiger partial charge is 0.507 e. The van der Waals surface area contributed by atoms with Gasteiger partial charge in [0.15, 0.2) is 0 Å². The zero-order valence-corrected chi connectivity index (χ0v) is 31.1. The quantitative estimate of drug-likeness (QED) is 0.0980. The van der Waals surface area contributed by atoms with Crippen LogP contribution in [0.4, 0.5) is 0 Å². The Morgan fingerprint density at radius 2 is 0.540 bits per heavy atom. The number of phenols is 4. The van der Waals surface area contributed by atoms with Gasteiger partial charge in [0.05, 0.1) is 0 Å². The van der Waals surface area contributed by atoms with Crippen LogP contribution in [0, 0.1) is 13.8 Å². The molecule has 1 aliphatic heterocycles. The summed E-state index contributed by atoms with van der Waals surface area (Å²) in [7, 11) is 0. The van der Waals surface area contributed by atoms with Crippen molar-refractivity contribution in [1.29, 1.82) is 0 Å². The van der Waals surface area contributed by atoms with Gasteiger partial charge >= 0.3 is 0 Å². The first-order valence-corrected chi connectivity index (χ1v) is 17.7. The number of hydrogen-bond donors (Lipinski definition) is 8. The third kappa shape index (κ3) is 8.79. The molecule has 1 aliphatic rings. The van der Waals surface area contributed by atoms with Crippen LogP contribution in [-0.4, -0.2) is 20.4 Å². The van der Waals surface area contributed by atoms with E-state index in [0.29, 0.717) is 52.4 Å². The monoisotopic (exact) mass is 680 g/mol. The highest BCUT2D eigenvalue weighted by Crippen LogP contribution is 2.34. The molecule has 0 fully saturated rings. The molecule has 8 nitrogen and oxygen atoms in total. The molecule has 0 radical (unpaired) electrons. The SMILES string of the molecule is Cc1cc2c(O)c(c1)CNCc1cc(C(C)(C)C)cc(c1O)CNCc1cc(C)cc(c1O)CNCc1cc(C(C)(C)C)cc(c1O)CNC2. The summed E-state index contributed by atoms with van der Waals surface area (Å²) in [5.74, 6) is 0.958. The Morgan fingerprint density at radius 3 is 0.720 bits per heavy atom. The summed E-state index contributed by atoms with van der Waals surface area (Å²) < 4.78 is 0. The molecular weight excluding hydrogens is 624 g/mol. The molecular formula is C42H56N4O4. The Labute approximate surface area is 298 Å². The van der Waals surface area contributed by atoms with E-state index in [4.69, 9.17) is 0 Å². The molecule has 8 bridgehead atoms. The van der Waals surface area contributed by atoms with Crippen LogP contribution in [0.3, 0.4) is 0 Å². The maximum atomic E-state index is 11.4. The fourth-order valence-electron chi connectivity index (χ4n) is 6.66. The minimum absolute atomic E-state index is 0.126. The van der Waals surface area contributed by atoms with E-state index in [2.05, 4.69) is 87.1 Å². The molecule has 0 saturated heterocycles. The molecule has 0 saturated carbocycles. The molecule has 0 aromatic heterocycles. The number of phenolic OH excluding ortho intramolecular Hbond substituents is 4. The van der Waals surface area contributed by atoms with Crippen molar-refractivity contribution in [2.45, 2.75) is 119 Å². The van der Waals surface area contributed by atoms with E-state index in [-0.39, 0.29) is 33.8 Å². The fraction of sp³-hybridized carbons (Fsp3) is 0.429. The fourth-order valence-corrected chi connectivity index (χ4v) is 6.66. The molecule has 4 aromatic carbocycles. The van der Waals surface area contributed by atoms with Crippen molar-refractivity contribution in [2.24, 2.45) is 0 Å². The molecule has 5 rings (SSSR count). The van der Waals surface area contributed by atoms with Crippen LogP contribution in [0.15, 0.2) is 48.5 Å². The number of hydrogen-bond acceptors (Lipinski definition) is 8. The minimum atomic E-state index is -0.126. The molecule has 0 atom stereocenters. The van der Waals surface area contributed by atoms with Gasteiger partial charge in [0, 0.05) is 96.9 Å². The second-order valence-electron chi connectivity index (χ2n) is 16.1. The van der Waals surface area contributed by atoms with E-state index in [9.17, 15) is 20.4 Å². The zero-order chi connectivity index (χ0) is 36.4. The van der Waals surface area contributed by atoms with Gasteiger partial charge in [0.2, 0.25) is 0 Å². The van der Waals surface area contributed by atoms with Gasteiger partial charge < -0.3 is 41.7 Å². The highest BCUT2D eigenvalue weighted by molar-refractivity contribution is 5.49. The van der Waals surface area contributed by atoms with Crippen LogP contribution >= 0.6 is 0 Å². The second kappa shape index (κ2) is 15.0. The average molecular weight is 681 g/mol. The van der Waals surface area contributed by atoms with Gasteiger partial charge in [-0.05, 0) is 35.8 Å². The molecule has 268 valence electrons. The number of benzene rings is 4. The number of rotatable bonds is 0. The lowest BCUT2D eigenvalue weighted by Gasteiger charge is -2.23. The van der Waals surface area contributed by atoms with Crippen LogP contribution in [0.5, 0.6) is 23.0 Å². The van der Waals surface area contributed by atoms with Crippen molar-refractivity contribution in [3.05, 3.63) is 115 Å². The van der Waals surface area contributed by atoms with Crippen LogP contribution < -0.4 is 21.3 Å². The van der Waals surface area contributed by atoms with E-state index in [1.165, 1.54) is 0 Å². The Hall–Kier alpha value is -4.08. The second-order valence-corrected chi connectivity index (χ2v) is 16.1. The molecule has 0 unspecified atom stereocenters. The summed E-state index contributed by atoms with van der Waals surface area (Å²) in [5.41, 5.74) is 10.4. The normalized spacial score (nSPS) is 15.4. The number of nitrogens with one attached hydrogen (secondary N) is 4. The lowest BCUT2D eigenvalue weighted by molar-refractivity contribution is 0.442. The molecule has 0 amide bonds. The third-order valence-corrected chi connectivity index (χ3v) is 9.62. The minimum Gasteiger partial charge on any atom is -0.507 e. The summed E-state index contributed by atoms with van der Waals surface area (Å²) in [5, 5.41) is 59.3. The first-order valence-electron chi connectivity index (χ1n) is 17.7. The van der Waals surface area contributed by atoms with Crippen molar-refractivity contribution in [1.82, 2.24) is 21.3 Å². The Morgan fingerprint density at radius 1 is 0.360 bits per heavy atom. The molecule has 50 heavy (non-hydrogen) atoms. The number of aromatic hydroxyl groups is 4. The smallest absolute Gasteiger partial charge is 0.124 e. The van der Waals surface area contributed by atoms with Crippen LogP contribution in [0.25, 0.3) is 0 Å². The summed E-state index contributed by atoms with van der Waals surface area (Å²) in [6, 6.07) is 16.2. The van der Waals surface area contributed by atoms with Gasteiger partial charge in [-0.15, -0.1) is 0 Å². The lowest BCUT2D eigenvalue weighted by Crippen LogP contribution is -2.20. The maximum Gasteiger partial charge on any atom is 0.124 e. The van der Waals surface area contributed by atoms with Crippen molar-refractivity contribution >= 4 is 0 Å². The standard InChI is InChI=1S/C42H56N4O4/c1-25-9-27-17-43-21-31-13-35(41(3,4)5)15-33(39(31)49)23-45-19-29-11-26(2)12-30(38(29)48)20-46-24-34-16-36(42(6,7)8)14-32(40(34)50)22-44-18-28(10-25)37(27)47/h9-16,43-50H,17-24H2,1-8H3. The molecule has 0 spiro atoms. The van der Waals surface area contributed by atoms with E-state index in [1.807, 2.05) is 38.1 Å². The van der Waals surface area contributed by atoms with Gasteiger partial charge in [-0.1, -0.05) is 101 Å². The van der Waals surface area contributed by atoms with Gasteiger partial charge in [-0.25, -0.2) is 0 Å². The van der Waals surface area contributed by atoms with E-state index < -0.39 is 0 Å². The van der Waals surface area contributed by atoms with E-state index in [1.54, 1.807) is 0 Å². The van der Waals surface area contributed by atoms with E-state index >= 15 is 0 Å². The average Bonchev–Trinajstić information content (AvgIpc) is 3.02. The molecule has 4 aromatic rings. The first kappa shape index (κ1) is 37.2. The molecule has 8 N–H and O–H groups in total. The van der Waals surface area contributed by atoms with Crippen LogP contribution in [-0.2, 0) is 63.2 Å². The number of fused-ring (bicyclic) bond motifs is 8. The van der Waals surface area contributed by atoms with Gasteiger partial charge in [-0.2, -0.15) is 0 Å². The molecule has 1 heterocycles. The summed E-state index contributed by atoms with van der Waals surface area (Å²) in [6.07, 6.45) is 0. The Balaban J connectivity index is 1.51. The maximum absolute atomic E-state index is 11.4. The van der Waals surface area contributed by atoms with Crippen molar-refractivity contribution in [3.63, 3.8) is 0 Å². The van der Waals surface area contributed by atoms with Crippen LogP contribution in [0.2, 0.25) is 0 Å². The van der Waals surface area contributed by atoms with Gasteiger partial charge in [-0.3, -0.25) is 0 Å². The zero-order valence-electron chi connectivity index (χ0n) is 31.1. The van der Waals surface area contributed by atoms with Gasteiger partial charge in [0.25, 0.3) is 0 Å². The van der Waals surface area contributed by atoms with Gasteiger partial charge in [0.1, 0.15) is 23.0 Å². The molecule has 8 heteroatoms. The molecule has 0 aliphatic carbocycles. The Bertz CT molecular complexity index is 1610. The Kier molecular flexibility index (Phi) is 11.2. The first-order chi connectivity index (χ1) is 23.5. The number of aryl methyl sites for hydroxylation is 2. The van der Waals surface area contributed by atoms with Crippen molar-refractivity contribution in [3.8, 4) is 23.0 Å². The van der Waals surface area contributed by atoms with E-state index in [0.717, 1.165) is 66.8 Å².